The third-order valence-electron chi connectivity index (χ3n) is 2.31. The van der Waals surface area contributed by atoms with Gasteiger partial charge in [-0.1, -0.05) is 0 Å². The topological polar surface area (TPSA) is 36.9 Å². The van der Waals surface area contributed by atoms with Crippen molar-refractivity contribution < 1.29 is 22.9 Å². The molecule has 2 rings (SSSR count). The fraction of sp³-hybridized carbons (Fsp3) is 0.273. The fourth-order valence-electron chi connectivity index (χ4n) is 1.57. The SMILES string of the molecule is COc1ccc2scc(CC[NH3+])c2c1.[Cl-]. The van der Waals surface area contributed by atoms with Crippen LogP contribution in [0.2, 0.25) is 0 Å². The van der Waals surface area contributed by atoms with Crippen LogP contribution in [0.4, 0.5) is 0 Å². The number of rotatable bonds is 3. The van der Waals surface area contributed by atoms with Gasteiger partial charge < -0.3 is 22.9 Å². The minimum absolute atomic E-state index is 0. The molecule has 4 heteroatoms. The standard InChI is InChI=1S/C11H13NOS.ClH/c1-13-9-2-3-11-10(6-9)8(4-5-12)7-14-11;/h2-3,6-7H,4-5,12H2,1H3;1H. The van der Waals surface area contributed by atoms with E-state index < -0.39 is 0 Å². The van der Waals surface area contributed by atoms with Crippen molar-refractivity contribution in [2.24, 2.45) is 0 Å². The van der Waals surface area contributed by atoms with Crippen LogP contribution >= 0.6 is 11.3 Å². The molecule has 3 N–H and O–H groups in total. The molecule has 0 radical (unpaired) electrons. The van der Waals surface area contributed by atoms with E-state index in [0.29, 0.717) is 0 Å². The monoisotopic (exact) mass is 243 g/mol. The van der Waals surface area contributed by atoms with Gasteiger partial charge in [-0.05, 0) is 34.5 Å². The van der Waals surface area contributed by atoms with Crippen molar-refractivity contribution in [1.82, 2.24) is 0 Å². The lowest BCUT2D eigenvalue weighted by Crippen LogP contribution is -3.00. The first-order valence-corrected chi connectivity index (χ1v) is 5.56. The zero-order valence-electron chi connectivity index (χ0n) is 8.63. The van der Waals surface area contributed by atoms with Gasteiger partial charge in [0.2, 0.25) is 0 Å². The van der Waals surface area contributed by atoms with Crippen LogP contribution in [0.15, 0.2) is 23.6 Å². The third-order valence-corrected chi connectivity index (χ3v) is 3.32. The molecule has 1 aromatic carbocycles. The first kappa shape index (κ1) is 12.3. The van der Waals surface area contributed by atoms with E-state index in [-0.39, 0.29) is 12.4 Å². The van der Waals surface area contributed by atoms with E-state index in [1.807, 2.05) is 6.07 Å². The minimum atomic E-state index is 0. The number of benzene rings is 1. The average molecular weight is 244 g/mol. The molecule has 82 valence electrons. The second kappa shape index (κ2) is 5.35. The summed E-state index contributed by atoms with van der Waals surface area (Å²) in [6.07, 6.45) is 1.05. The quantitative estimate of drug-likeness (QED) is 0.715. The summed E-state index contributed by atoms with van der Waals surface area (Å²) in [4.78, 5) is 0. The molecule has 0 aliphatic rings. The molecule has 1 aromatic heterocycles. The van der Waals surface area contributed by atoms with Gasteiger partial charge in [-0.25, -0.2) is 0 Å². The van der Waals surface area contributed by atoms with E-state index in [1.165, 1.54) is 15.6 Å². The summed E-state index contributed by atoms with van der Waals surface area (Å²) < 4.78 is 6.54. The summed E-state index contributed by atoms with van der Waals surface area (Å²) >= 11 is 1.79. The Morgan fingerprint density at radius 2 is 2.20 bits per heavy atom. The van der Waals surface area contributed by atoms with Crippen molar-refractivity contribution in [3.05, 3.63) is 29.1 Å². The molecule has 0 bridgehead atoms. The summed E-state index contributed by atoms with van der Waals surface area (Å²) in [5, 5.41) is 3.54. The van der Waals surface area contributed by atoms with E-state index in [2.05, 4.69) is 23.2 Å². The predicted octanol–water partition coefficient (Wildman–Crippen LogP) is -1.30. The maximum Gasteiger partial charge on any atom is 0.119 e. The molecular formula is C11H14ClNOS. The maximum absolute atomic E-state index is 5.21. The summed E-state index contributed by atoms with van der Waals surface area (Å²) in [5.74, 6) is 0.932. The third kappa shape index (κ3) is 2.43. The number of ether oxygens (including phenoxy) is 1. The normalized spacial score (nSPS) is 10.0. The van der Waals surface area contributed by atoms with Gasteiger partial charge >= 0.3 is 0 Å². The van der Waals surface area contributed by atoms with Crippen molar-refractivity contribution in [3.63, 3.8) is 0 Å². The predicted molar refractivity (Wildman–Crippen MR) is 59.8 cm³/mol. The van der Waals surface area contributed by atoms with Gasteiger partial charge in [-0.3, -0.25) is 0 Å². The Bertz CT molecular complexity index is 441. The number of hydrogen-bond acceptors (Lipinski definition) is 2. The molecule has 0 unspecified atom stereocenters. The Labute approximate surface area is 99.5 Å². The average Bonchev–Trinajstić information content (AvgIpc) is 2.61. The Morgan fingerprint density at radius 1 is 1.40 bits per heavy atom. The molecule has 0 saturated carbocycles. The van der Waals surface area contributed by atoms with Gasteiger partial charge in [-0.15, -0.1) is 11.3 Å². The molecule has 0 fully saturated rings. The van der Waals surface area contributed by atoms with Crippen LogP contribution in [0.3, 0.4) is 0 Å². The number of methoxy groups -OCH3 is 1. The molecule has 0 saturated heterocycles. The van der Waals surface area contributed by atoms with Crippen molar-refractivity contribution in [3.8, 4) is 5.75 Å². The van der Waals surface area contributed by atoms with Crippen molar-refractivity contribution in [1.29, 1.82) is 0 Å². The second-order valence-corrected chi connectivity index (χ2v) is 4.14. The summed E-state index contributed by atoms with van der Waals surface area (Å²) in [5.41, 5.74) is 5.27. The summed E-state index contributed by atoms with van der Waals surface area (Å²) in [7, 11) is 1.70. The molecule has 0 aliphatic heterocycles. The van der Waals surface area contributed by atoms with Crippen LogP contribution in [-0.2, 0) is 6.42 Å². The summed E-state index contributed by atoms with van der Waals surface area (Å²) in [6.45, 7) is 0.947. The van der Waals surface area contributed by atoms with Gasteiger partial charge in [0.15, 0.2) is 0 Å². The molecule has 0 amide bonds. The van der Waals surface area contributed by atoms with E-state index in [9.17, 15) is 0 Å². The first-order chi connectivity index (χ1) is 6.85. The van der Waals surface area contributed by atoms with Crippen molar-refractivity contribution in [2.75, 3.05) is 13.7 Å². The molecule has 0 spiro atoms. The number of halogens is 1. The van der Waals surface area contributed by atoms with Crippen LogP contribution in [0.1, 0.15) is 5.56 Å². The number of hydrogen-bond donors (Lipinski definition) is 1. The molecule has 1 heterocycles. The highest BCUT2D eigenvalue weighted by Gasteiger charge is 2.04. The fourth-order valence-corrected chi connectivity index (χ4v) is 2.55. The highest BCUT2D eigenvalue weighted by atomic mass is 35.5. The lowest BCUT2D eigenvalue weighted by Gasteiger charge is -2.00. The van der Waals surface area contributed by atoms with E-state index in [1.54, 1.807) is 18.4 Å². The molecular weight excluding hydrogens is 230 g/mol. The Balaban J connectivity index is 0.00000112. The summed E-state index contributed by atoms with van der Waals surface area (Å²) in [6, 6.07) is 6.23. The Morgan fingerprint density at radius 3 is 2.87 bits per heavy atom. The Hall–Kier alpha value is -0.770. The van der Waals surface area contributed by atoms with E-state index in [4.69, 9.17) is 4.74 Å². The highest BCUT2D eigenvalue weighted by Crippen LogP contribution is 2.29. The van der Waals surface area contributed by atoms with E-state index >= 15 is 0 Å². The Kier molecular flexibility index (Phi) is 4.39. The maximum atomic E-state index is 5.21. The van der Waals surface area contributed by atoms with Gasteiger partial charge in [0.25, 0.3) is 0 Å². The molecule has 2 aromatic rings. The van der Waals surface area contributed by atoms with Gasteiger partial charge in [0, 0.05) is 11.1 Å². The smallest absolute Gasteiger partial charge is 0.119 e. The number of quaternary nitrogens is 1. The minimum Gasteiger partial charge on any atom is -1.00 e. The van der Waals surface area contributed by atoms with Crippen LogP contribution in [-0.4, -0.2) is 13.7 Å². The number of thiophene rings is 1. The van der Waals surface area contributed by atoms with Crippen molar-refractivity contribution >= 4 is 21.4 Å². The van der Waals surface area contributed by atoms with Crippen LogP contribution in [0, 0.1) is 0 Å². The molecule has 15 heavy (non-hydrogen) atoms. The van der Waals surface area contributed by atoms with Crippen LogP contribution in [0.25, 0.3) is 10.1 Å². The second-order valence-electron chi connectivity index (χ2n) is 3.23. The molecule has 2 nitrogen and oxygen atoms in total. The first-order valence-electron chi connectivity index (χ1n) is 4.68. The van der Waals surface area contributed by atoms with Gasteiger partial charge in [0.05, 0.1) is 13.7 Å². The van der Waals surface area contributed by atoms with E-state index in [0.717, 1.165) is 18.7 Å². The van der Waals surface area contributed by atoms with Gasteiger partial charge in [0.1, 0.15) is 5.75 Å². The lowest BCUT2D eigenvalue weighted by atomic mass is 10.1. The van der Waals surface area contributed by atoms with Gasteiger partial charge in [-0.2, -0.15) is 0 Å². The van der Waals surface area contributed by atoms with Crippen LogP contribution < -0.4 is 22.9 Å². The zero-order chi connectivity index (χ0) is 9.97. The zero-order valence-corrected chi connectivity index (χ0v) is 10.2. The molecule has 0 atom stereocenters. The molecule has 0 aliphatic carbocycles. The highest BCUT2D eigenvalue weighted by molar-refractivity contribution is 7.17. The number of fused-ring (bicyclic) bond motifs is 1. The van der Waals surface area contributed by atoms with Crippen LogP contribution in [0.5, 0.6) is 5.75 Å². The van der Waals surface area contributed by atoms with Crippen molar-refractivity contribution in [2.45, 2.75) is 6.42 Å². The largest absolute Gasteiger partial charge is 1.00 e. The lowest BCUT2D eigenvalue weighted by molar-refractivity contribution is -0.366.